The fraction of sp³-hybridized carbons (Fsp3) is 0.364. The third kappa shape index (κ3) is 6.09. The number of nitrogens with two attached hydrogens (primary N) is 1. The lowest BCUT2D eigenvalue weighted by atomic mass is 10.0. The van der Waals surface area contributed by atoms with Crippen LogP contribution in [0.5, 0.6) is 5.75 Å². The number of nitrogens with zero attached hydrogens (tertiary/aromatic N) is 4. The lowest BCUT2D eigenvalue weighted by molar-refractivity contribution is 0.217. The van der Waals surface area contributed by atoms with Gasteiger partial charge in [-0.2, -0.15) is 10.2 Å². The average molecular weight is 380 g/mol. The van der Waals surface area contributed by atoms with Crippen LogP contribution in [-0.2, 0) is 13.0 Å². The number of aryl methyl sites for hydroxylation is 1. The molecule has 1 unspecified atom stereocenters. The van der Waals surface area contributed by atoms with Crippen molar-refractivity contribution in [2.24, 2.45) is 16.9 Å². The molecule has 1 aromatic carbocycles. The summed E-state index contributed by atoms with van der Waals surface area (Å²) in [6, 6.07) is 8.33. The Morgan fingerprint density at radius 1 is 1.39 bits per heavy atom. The maximum atomic E-state index is 6.06. The van der Waals surface area contributed by atoms with Crippen molar-refractivity contribution in [3.05, 3.63) is 72.1 Å². The molecule has 0 saturated carbocycles. The summed E-state index contributed by atoms with van der Waals surface area (Å²) in [4.78, 5) is 0. The highest BCUT2D eigenvalue weighted by molar-refractivity contribution is 5.63. The molecule has 0 amide bonds. The standard InChI is InChI=1S/C22H29N5O/c1-2-7-21-11-10-20(18-26-13-6-12-24-26)16-22(21)28-15-14-27(23)25-17-19-8-4-3-5-9-19/h3-6,8,10-13,16-17,19H,2,7,9,14-15,18,23H2,1H3/b25-17-. The number of ether oxygens (including phenoxy) is 1. The highest BCUT2D eigenvalue weighted by Crippen LogP contribution is 2.23. The van der Waals surface area contributed by atoms with E-state index >= 15 is 0 Å². The van der Waals surface area contributed by atoms with Gasteiger partial charge in [-0.1, -0.05) is 49.8 Å². The molecule has 0 spiro atoms. The highest BCUT2D eigenvalue weighted by atomic mass is 16.5. The lowest BCUT2D eigenvalue weighted by Gasteiger charge is -2.17. The number of hydrogen-bond acceptors (Lipinski definition) is 5. The normalized spacial score (nSPS) is 16.0. The molecule has 2 aromatic rings. The van der Waals surface area contributed by atoms with E-state index in [2.05, 4.69) is 47.5 Å². The second-order valence-electron chi connectivity index (χ2n) is 6.88. The first-order valence-electron chi connectivity index (χ1n) is 9.86. The van der Waals surface area contributed by atoms with E-state index in [9.17, 15) is 0 Å². The third-order valence-corrected chi connectivity index (χ3v) is 4.55. The monoisotopic (exact) mass is 379 g/mol. The fourth-order valence-corrected chi connectivity index (χ4v) is 3.08. The number of hydrazone groups is 1. The average Bonchev–Trinajstić information content (AvgIpc) is 3.22. The van der Waals surface area contributed by atoms with Crippen LogP contribution in [0.1, 0.15) is 30.9 Å². The van der Waals surface area contributed by atoms with Crippen LogP contribution in [0.2, 0.25) is 0 Å². The molecule has 0 aliphatic heterocycles. The number of benzene rings is 1. The Morgan fingerprint density at radius 2 is 2.32 bits per heavy atom. The van der Waals surface area contributed by atoms with Gasteiger partial charge in [0.1, 0.15) is 12.4 Å². The van der Waals surface area contributed by atoms with Gasteiger partial charge in [0, 0.05) is 24.5 Å². The smallest absolute Gasteiger partial charge is 0.122 e. The summed E-state index contributed by atoms with van der Waals surface area (Å²) in [7, 11) is 0. The lowest BCUT2D eigenvalue weighted by Crippen LogP contribution is -2.30. The van der Waals surface area contributed by atoms with Gasteiger partial charge >= 0.3 is 0 Å². The number of rotatable bonds is 10. The third-order valence-electron chi connectivity index (χ3n) is 4.55. The predicted octanol–water partition coefficient (Wildman–Crippen LogP) is 3.56. The first-order valence-corrected chi connectivity index (χ1v) is 9.86. The van der Waals surface area contributed by atoms with Gasteiger partial charge in [-0.25, -0.2) is 11.0 Å². The number of allylic oxidation sites excluding steroid dienone is 4. The molecule has 1 heterocycles. The van der Waals surface area contributed by atoms with Crippen LogP contribution in [0.3, 0.4) is 0 Å². The van der Waals surface area contributed by atoms with Crippen LogP contribution in [0.25, 0.3) is 0 Å². The molecule has 6 nitrogen and oxygen atoms in total. The Labute approximate surface area is 167 Å². The summed E-state index contributed by atoms with van der Waals surface area (Å²) >= 11 is 0. The first-order chi connectivity index (χ1) is 13.7. The first kappa shape index (κ1) is 19.9. The maximum absolute atomic E-state index is 6.06. The molecule has 28 heavy (non-hydrogen) atoms. The number of aromatic nitrogens is 2. The van der Waals surface area contributed by atoms with Gasteiger partial charge in [0.25, 0.3) is 0 Å². The van der Waals surface area contributed by atoms with Crippen LogP contribution in [0, 0.1) is 5.92 Å². The van der Waals surface area contributed by atoms with Crippen molar-refractivity contribution in [2.75, 3.05) is 13.2 Å². The summed E-state index contributed by atoms with van der Waals surface area (Å²) < 4.78 is 7.97. The van der Waals surface area contributed by atoms with Crippen molar-refractivity contribution in [2.45, 2.75) is 32.7 Å². The SMILES string of the molecule is CCCc1ccc(Cn2cccn2)cc1OCCN(N)/N=C\C1C=CC=CC1. The minimum atomic E-state index is 0.312. The molecule has 3 rings (SSSR count). The van der Waals surface area contributed by atoms with Crippen LogP contribution >= 0.6 is 0 Å². The van der Waals surface area contributed by atoms with Gasteiger partial charge in [0.05, 0.1) is 13.1 Å². The highest BCUT2D eigenvalue weighted by Gasteiger charge is 2.07. The van der Waals surface area contributed by atoms with E-state index < -0.39 is 0 Å². The second kappa shape index (κ2) is 10.5. The van der Waals surface area contributed by atoms with Crippen LogP contribution in [-0.4, -0.2) is 34.3 Å². The van der Waals surface area contributed by atoms with Crippen molar-refractivity contribution in [3.8, 4) is 5.75 Å². The Kier molecular flexibility index (Phi) is 7.44. The minimum Gasteiger partial charge on any atom is -0.491 e. The van der Waals surface area contributed by atoms with E-state index in [1.165, 1.54) is 16.2 Å². The zero-order valence-corrected chi connectivity index (χ0v) is 16.4. The number of hydrogen-bond donors (Lipinski definition) is 1. The summed E-state index contributed by atoms with van der Waals surface area (Å²) in [6.07, 6.45) is 17.0. The van der Waals surface area contributed by atoms with Crippen LogP contribution < -0.4 is 10.6 Å². The van der Waals surface area contributed by atoms with Gasteiger partial charge in [-0.05, 0) is 36.1 Å². The summed E-state index contributed by atoms with van der Waals surface area (Å²) in [6.45, 7) is 3.91. The van der Waals surface area contributed by atoms with E-state index in [1.807, 2.05) is 35.3 Å². The minimum absolute atomic E-state index is 0.312. The van der Waals surface area contributed by atoms with Gasteiger partial charge < -0.3 is 4.74 Å². The van der Waals surface area contributed by atoms with E-state index in [0.717, 1.165) is 31.6 Å². The molecule has 1 aliphatic carbocycles. The Morgan fingerprint density at radius 3 is 3.07 bits per heavy atom. The molecule has 148 valence electrons. The zero-order chi connectivity index (χ0) is 19.6. The van der Waals surface area contributed by atoms with Crippen molar-refractivity contribution < 1.29 is 4.74 Å². The van der Waals surface area contributed by atoms with Crippen LogP contribution in [0.4, 0.5) is 0 Å². The van der Waals surface area contributed by atoms with E-state index in [-0.39, 0.29) is 0 Å². The van der Waals surface area contributed by atoms with Crippen molar-refractivity contribution in [1.82, 2.24) is 14.9 Å². The molecule has 0 saturated heterocycles. The van der Waals surface area contributed by atoms with Gasteiger partial charge in [0.15, 0.2) is 0 Å². The van der Waals surface area contributed by atoms with Crippen molar-refractivity contribution in [1.29, 1.82) is 0 Å². The fourth-order valence-electron chi connectivity index (χ4n) is 3.08. The topological polar surface area (TPSA) is 68.7 Å². The number of hydrazine groups is 1. The molecule has 2 N–H and O–H groups in total. The molecule has 0 bridgehead atoms. The molecule has 1 aromatic heterocycles. The van der Waals surface area contributed by atoms with Crippen molar-refractivity contribution in [3.63, 3.8) is 0 Å². The molecular weight excluding hydrogens is 350 g/mol. The Bertz CT molecular complexity index is 810. The van der Waals surface area contributed by atoms with Crippen LogP contribution in [0.15, 0.2) is 66.1 Å². The molecule has 0 fully saturated rings. The maximum Gasteiger partial charge on any atom is 0.122 e. The quantitative estimate of drug-likeness (QED) is 0.389. The Hall–Kier alpha value is -2.86. The van der Waals surface area contributed by atoms with Gasteiger partial charge in [0.2, 0.25) is 0 Å². The Balaban J connectivity index is 1.54. The molecule has 6 heteroatoms. The molecular formula is C22H29N5O. The summed E-state index contributed by atoms with van der Waals surface area (Å²) in [5.74, 6) is 7.21. The van der Waals surface area contributed by atoms with Gasteiger partial charge in [-0.3, -0.25) is 4.68 Å². The zero-order valence-electron chi connectivity index (χ0n) is 16.4. The molecule has 1 aliphatic rings. The largest absolute Gasteiger partial charge is 0.491 e. The summed E-state index contributed by atoms with van der Waals surface area (Å²) in [5, 5.41) is 10.0. The van der Waals surface area contributed by atoms with Gasteiger partial charge in [-0.15, -0.1) is 0 Å². The van der Waals surface area contributed by atoms with Crippen molar-refractivity contribution >= 4 is 6.21 Å². The predicted molar refractivity (Wildman–Crippen MR) is 113 cm³/mol. The second-order valence-corrected chi connectivity index (χ2v) is 6.88. The summed E-state index contributed by atoms with van der Waals surface area (Å²) in [5.41, 5.74) is 2.39. The molecule has 1 atom stereocenters. The van der Waals surface area contributed by atoms with E-state index in [4.69, 9.17) is 10.6 Å². The van der Waals surface area contributed by atoms with E-state index in [0.29, 0.717) is 19.1 Å². The molecule has 0 radical (unpaired) electrons. The van der Waals surface area contributed by atoms with E-state index in [1.54, 1.807) is 6.20 Å².